The standard InChI is InChI=1S/C39H26N6O/c1-23-35(29-15-13-26(22-41-29)25-17-19-40-20-18-25)24(2)45-39-36-31(44(23)45)10-7-11-32(36)46-33-16-14-28-27-8-3-4-9-30(27)43(38(28)37(33)39)34-12-5-6-21-42(34)39/h3-22H,1-2H3/q+2. The highest BCUT2D eigenvalue weighted by Crippen LogP contribution is 2.55. The third-order valence-electron chi connectivity index (χ3n) is 10.3. The molecule has 0 amide bonds. The van der Waals surface area contributed by atoms with Gasteiger partial charge in [-0.05, 0) is 73.2 Å². The van der Waals surface area contributed by atoms with Gasteiger partial charge in [-0.3, -0.25) is 9.97 Å². The Balaban J connectivity index is 1.29. The van der Waals surface area contributed by atoms with Gasteiger partial charge in [0.05, 0.1) is 23.1 Å². The number of para-hydroxylation sites is 1. The Morgan fingerprint density at radius 1 is 0.739 bits per heavy atom. The summed E-state index contributed by atoms with van der Waals surface area (Å²) in [4.78, 5) is 9.22. The van der Waals surface area contributed by atoms with Crippen LogP contribution >= 0.6 is 0 Å². The second-order valence-electron chi connectivity index (χ2n) is 12.4. The Morgan fingerprint density at radius 3 is 2.46 bits per heavy atom. The Morgan fingerprint density at radius 2 is 1.59 bits per heavy atom. The number of hydrogen-bond donors (Lipinski definition) is 0. The molecule has 216 valence electrons. The first kappa shape index (κ1) is 24.3. The molecule has 0 saturated heterocycles. The minimum atomic E-state index is -0.718. The molecule has 46 heavy (non-hydrogen) atoms. The molecule has 3 aliphatic rings. The van der Waals surface area contributed by atoms with Crippen molar-refractivity contribution in [2.45, 2.75) is 19.5 Å². The zero-order valence-electron chi connectivity index (χ0n) is 25.1. The predicted molar refractivity (Wildman–Crippen MR) is 175 cm³/mol. The molecule has 8 aromatic rings. The van der Waals surface area contributed by atoms with Crippen LogP contribution in [-0.4, -0.2) is 19.2 Å². The average Bonchev–Trinajstić information content (AvgIpc) is 3.70. The topological polar surface area (TPSA) is 52.6 Å². The SMILES string of the molecule is Cc1c(-c2ccc(-c3ccncc3)cn2)c(C)[n+]2n1-c1cccc3c1C21c2c(ccc4c5ccccc5n(c24)-c2cccc[n+]21)O3. The van der Waals surface area contributed by atoms with Gasteiger partial charge in [-0.2, -0.15) is 9.13 Å². The zero-order chi connectivity index (χ0) is 30.3. The number of nitrogens with zero attached hydrogens (tertiary/aromatic N) is 6. The molecule has 3 aliphatic heterocycles. The lowest BCUT2D eigenvalue weighted by Crippen LogP contribution is -2.77. The molecule has 0 saturated carbocycles. The summed E-state index contributed by atoms with van der Waals surface area (Å²) in [7, 11) is 0. The number of ether oxygens (including phenoxy) is 1. The normalized spacial score (nSPS) is 16.3. The summed E-state index contributed by atoms with van der Waals surface area (Å²) in [6.07, 6.45) is 7.84. The molecule has 0 fully saturated rings. The number of hydrogen-bond acceptors (Lipinski definition) is 3. The van der Waals surface area contributed by atoms with Crippen molar-refractivity contribution in [3.8, 4) is 45.4 Å². The third-order valence-corrected chi connectivity index (χ3v) is 10.3. The van der Waals surface area contributed by atoms with E-state index in [0.29, 0.717) is 0 Å². The highest BCUT2D eigenvalue weighted by molar-refractivity contribution is 6.11. The lowest BCUT2D eigenvalue weighted by molar-refractivity contribution is -0.995. The van der Waals surface area contributed by atoms with E-state index in [4.69, 9.17) is 9.72 Å². The van der Waals surface area contributed by atoms with Crippen LogP contribution in [0.5, 0.6) is 11.5 Å². The lowest BCUT2D eigenvalue weighted by atomic mass is 9.84. The maximum atomic E-state index is 6.82. The van der Waals surface area contributed by atoms with E-state index >= 15 is 0 Å². The maximum Gasteiger partial charge on any atom is 0.397 e. The van der Waals surface area contributed by atoms with Crippen LogP contribution in [0.25, 0.3) is 55.7 Å². The van der Waals surface area contributed by atoms with E-state index in [1.807, 2.05) is 30.7 Å². The van der Waals surface area contributed by atoms with Crippen molar-refractivity contribution in [1.82, 2.24) is 19.2 Å². The van der Waals surface area contributed by atoms with Crippen LogP contribution in [0.3, 0.4) is 0 Å². The molecule has 8 heterocycles. The first-order chi connectivity index (χ1) is 22.7. The molecule has 7 nitrogen and oxygen atoms in total. The quantitative estimate of drug-likeness (QED) is 0.204. The fourth-order valence-electron chi connectivity index (χ4n) is 8.60. The number of aromatic nitrogens is 6. The van der Waals surface area contributed by atoms with E-state index in [2.05, 4.69) is 128 Å². The Kier molecular flexibility index (Phi) is 4.29. The van der Waals surface area contributed by atoms with E-state index < -0.39 is 5.66 Å². The Hall–Kier alpha value is -6.08. The minimum absolute atomic E-state index is 0.718. The van der Waals surface area contributed by atoms with Crippen LogP contribution in [-0.2, 0) is 5.66 Å². The number of fused-ring (bicyclic) bond motifs is 7. The summed E-state index contributed by atoms with van der Waals surface area (Å²) >= 11 is 0. The summed E-state index contributed by atoms with van der Waals surface area (Å²) in [5, 5.41) is 2.46. The third kappa shape index (κ3) is 2.60. The fraction of sp³-hybridized carbons (Fsp3) is 0.0769. The molecular weight excluding hydrogens is 568 g/mol. The molecular formula is C39H26N6O+2. The molecule has 1 spiro atoms. The smallest absolute Gasteiger partial charge is 0.397 e. The summed E-state index contributed by atoms with van der Waals surface area (Å²) in [5.74, 6) is 2.87. The van der Waals surface area contributed by atoms with Gasteiger partial charge >= 0.3 is 5.66 Å². The van der Waals surface area contributed by atoms with Gasteiger partial charge in [0.1, 0.15) is 28.3 Å². The number of benzene rings is 3. The molecule has 0 bridgehead atoms. The second kappa shape index (κ2) is 8.14. The van der Waals surface area contributed by atoms with E-state index in [9.17, 15) is 0 Å². The van der Waals surface area contributed by atoms with Gasteiger partial charge < -0.3 is 4.74 Å². The molecule has 0 aliphatic carbocycles. The number of rotatable bonds is 2. The molecule has 1 unspecified atom stereocenters. The van der Waals surface area contributed by atoms with Gasteiger partial charge in [-0.25, -0.2) is 0 Å². The summed E-state index contributed by atoms with van der Waals surface area (Å²) in [5.41, 5.74) is 11.6. The first-order valence-electron chi connectivity index (χ1n) is 15.6. The van der Waals surface area contributed by atoms with E-state index in [1.165, 1.54) is 21.8 Å². The van der Waals surface area contributed by atoms with Crippen molar-refractivity contribution in [2.24, 2.45) is 0 Å². The van der Waals surface area contributed by atoms with Crippen LogP contribution < -0.4 is 14.0 Å². The van der Waals surface area contributed by atoms with Crippen molar-refractivity contribution >= 4 is 21.8 Å². The minimum Gasteiger partial charge on any atom is -0.456 e. The van der Waals surface area contributed by atoms with Gasteiger partial charge in [0.25, 0.3) is 5.82 Å². The predicted octanol–water partition coefficient (Wildman–Crippen LogP) is 6.92. The van der Waals surface area contributed by atoms with Gasteiger partial charge in [-0.15, -0.1) is 4.68 Å². The Labute approximate surface area is 263 Å². The van der Waals surface area contributed by atoms with Gasteiger partial charge in [-0.1, -0.05) is 35.0 Å². The molecule has 0 N–H and O–H groups in total. The van der Waals surface area contributed by atoms with Gasteiger partial charge in [0, 0.05) is 47.9 Å². The highest BCUT2D eigenvalue weighted by atomic mass is 16.5. The van der Waals surface area contributed by atoms with Crippen molar-refractivity contribution < 1.29 is 14.0 Å². The summed E-state index contributed by atoms with van der Waals surface area (Å²) in [6, 6.07) is 34.4. The molecule has 0 radical (unpaired) electrons. The molecule has 3 aromatic carbocycles. The van der Waals surface area contributed by atoms with Crippen LogP contribution in [0.4, 0.5) is 0 Å². The summed E-state index contributed by atoms with van der Waals surface area (Å²) < 4.78 is 16.6. The largest absolute Gasteiger partial charge is 0.456 e. The Bertz CT molecular complexity index is 2630. The van der Waals surface area contributed by atoms with Crippen LogP contribution in [0.1, 0.15) is 22.5 Å². The number of pyridine rings is 3. The van der Waals surface area contributed by atoms with E-state index in [-0.39, 0.29) is 0 Å². The molecule has 7 heteroatoms. The molecule has 1 atom stereocenters. The highest BCUT2D eigenvalue weighted by Gasteiger charge is 2.69. The van der Waals surface area contributed by atoms with Crippen molar-refractivity contribution in [3.05, 3.63) is 144 Å². The zero-order valence-corrected chi connectivity index (χ0v) is 25.1. The average molecular weight is 595 g/mol. The van der Waals surface area contributed by atoms with Crippen molar-refractivity contribution in [1.29, 1.82) is 0 Å². The first-order valence-corrected chi connectivity index (χ1v) is 15.6. The van der Waals surface area contributed by atoms with Crippen LogP contribution in [0.2, 0.25) is 0 Å². The molecule has 5 aromatic heterocycles. The van der Waals surface area contributed by atoms with Gasteiger partial charge in [0.2, 0.25) is 5.69 Å². The van der Waals surface area contributed by atoms with Crippen molar-refractivity contribution in [3.63, 3.8) is 0 Å². The summed E-state index contributed by atoms with van der Waals surface area (Å²) in [6.45, 7) is 4.45. The van der Waals surface area contributed by atoms with Crippen LogP contribution in [0, 0.1) is 13.8 Å². The van der Waals surface area contributed by atoms with Crippen LogP contribution in [0.15, 0.2) is 122 Å². The van der Waals surface area contributed by atoms with Crippen molar-refractivity contribution in [2.75, 3.05) is 0 Å². The monoisotopic (exact) mass is 594 g/mol. The van der Waals surface area contributed by atoms with E-state index in [0.717, 1.165) is 67.9 Å². The molecule has 11 rings (SSSR count). The second-order valence-corrected chi connectivity index (χ2v) is 12.4. The fourth-order valence-corrected chi connectivity index (χ4v) is 8.60. The van der Waals surface area contributed by atoms with E-state index in [1.54, 1.807) is 0 Å². The lowest BCUT2D eigenvalue weighted by Gasteiger charge is -2.33. The van der Waals surface area contributed by atoms with Gasteiger partial charge in [0.15, 0.2) is 11.1 Å². The maximum absolute atomic E-state index is 6.82.